The van der Waals surface area contributed by atoms with Crippen LogP contribution in [-0.4, -0.2) is 44.2 Å². The third kappa shape index (κ3) is 2.88. The molecule has 1 heterocycles. The second-order valence-electron chi connectivity index (χ2n) is 5.15. The largest absolute Gasteiger partial charge is 0.492 e. The zero-order valence-electron chi connectivity index (χ0n) is 11.3. The SMILES string of the molecule is CN(CCOc1ccc2ccccc2c1)C1CNC1. The molecule has 0 aliphatic carbocycles. The van der Waals surface area contributed by atoms with Crippen molar-refractivity contribution in [3.63, 3.8) is 0 Å². The molecule has 1 fully saturated rings. The normalized spacial score (nSPS) is 15.7. The molecule has 1 saturated heterocycles. The van der Waals surface area contributed by atoms with Gasteiger partial charge >= 0.3 is 0 Å². The van der Waals surface area contributed by atoms with Gasteiger partial charge in [-0.2, -0.15) is 0 Å². The third-order valence-corrected chi connectivity index (χ3v) is 3.82. The second kappa shape index (κ2) is 5.59. The number of benzene rings is 2. The predicted octanol–water partition coefficient (Wildman–Crippen LogP) is 2.12. The van der Waals surface area contributed by atoms with Crippen LogP contribution in [0.4, 0.5) is 0 Å². The van der Waals surface area contributed by atoms with Crippen LogP contribution in [0.3, 0.4) is 0 Å². The summed E-state index contributed by atoms with van der Waals surface area (Å²) in [5, 5.41) is 5.78. The topological polar surface area (TPSA) is 24.5 Å². The molecule has 1 aliphatic rings. The van der Waals surface area contributed by atoms with Gasteiger partial charge in [-0.05, 0) is 30.0 Å². The predicted molar refractivity (Wildman–Crippen MR) is 78.7 cm³/mol. The van der Waals surface area contributed by atoms with Crippen LogP contribution in [0, 0.1) is 0 Å². The summed E-state index contributed by atoms with van der Waals surface area (Å²) < 4.78 is 5.84. The summed E-state index contributed by atoms with van der Waals surface area (Å²) in [5.74, 6) is 0.957. The summed E-state index contributed by atoms with van der Waals surface area (Å²) in [6.07, 6.45) is 0. The molecule has 0 aromatic heterocycles. The number of nitrogens with one attached hydrogen (secondary N) is 1. The van der Waals surface area contributed by atoms with Crippen molar-refractivity contribution in [2.24, 2.45) is 0 Å². The van der Waals surface area contributed by atoms with Crippen LogP contribution in [0.5, 0.6) is 5.75 Å². The molecule has 3 nitrogen and oxygen atoms in total. The van der Waals surface area contributed by atoms with E-state index in [1.54, 1.807) is 0 Å². The molecular formula is C16H20N2O. The summed E-state index contributed by atoms with van der Waals surface area (Å²) in [6.45, 7) is 3.92. The van der Waals surface area contributed by atoms with Gasteiger partial charge in [0.2, 0.25) is 0 Å². The van der Waals surface area contributed by atoms with E-state index in [9.17, 15) is 0 Å². The highest BCUT2D eigenvalue weighted by atomic mass is 16.5. The van der Waals surface area contributed by atoms with E-state index in [-0.39, 0.29) is 0 Å². The molecule has 3 heteroatoms. The number of rotatable bonds is 5. The summed E-state index contributed by atoms with van der Waals surface area (Å²) >= 11 is 0. The number of hydrogen-bond donors (Lipinski definition) is 1. The van der Waals surface area contributed by atoms with Gasteiger partial charge in [-0.1, -0.05) is 30.3 Å². The Morgan fingerprint density at radius 1 is 1.16 bits per heavy atom. The quantitative estimate of drug-likeness (QED) is 0.887. The first-order valence-corrected chi connectivity index (χ1v) is 6.85. The van der Waals surface area contributed by atoms with Gasteiger partial charge < -0.3 is 10.1 Å². The van der Waals surface area contributed by atoms with Gasteiger partial charge in [-0.25, -0.2) is 0 Å². The Morgan fingerprint density at radius 3 is 2.68 bits per heavy atom. The van der Waals surface area contributed by atoms with Gasteiger partial charge in [0.1, 0.15) is 12.4 Å². The van der Waals surface area contributed by atoms with Crippen molar-refractivity contribution in [3.8, 4) is 5.75 Å². The van der Waals surface area contributed by atoms with Crippen LogP contribution in [0.2, 0.25) is 0 Å². The van der Waals surface area contributed by atoms with Crippen LogP contribution in [-0.2, 0) is 0 Å². The van der Waals surface area contributed by atoms with Gasteiger partial charge in [0.05, 0.1) is 0 Å². The van der Waals surface area contributed by atoms with Crippen molar-refractivity contribution < 1.29 is 4.74 Å². The van der Waals surface area contributed by atoms with Crippen molar-refractivity contribution in [2.75, 3.05) is 33.3 Å². The van der Waals surface area contributed by atoms with Crippen molar-refractivity contribution in [1.29, 1.82) is 0 Å². The number of ether oxygens (including phenoxy) is 1. The maximum Gasteiger partial charge on any atom is 0.120 e. The Morgan fingerprint density at radius 2 is 1.95 bits per heavy atom. The molecule has 3 rings (SSSR count). The maximum absolute atomic E-state index is 5.84. The molecule has 0 unspecified atom stereocenters. The molecule has 100 valence electrons. The molecule has 0 bridgehead atoms. The smallest absolute Gasteiger partial charge is 0.120 e. The Kier molecular flexibility index (Phi) is 3.67. The minimum Gasteiger partial charge on any atom is -0.492 e. The van der Waals surface area contributed by atoms with E-state index < -0.39 is 0 Å². The zero-order chi connectivity index (χ0) is 13.1. The molecule has 2 aromatic carbocycles. The lowest BCUT2D eigenvalue weighted by Crippen LogP contribution is -2.56. The van der Waals surface area contributed by atoms with Crippen LogP contribution in [0.15, 0.2) is 42.5 Å². The van der Waals surface area contributed by atoms with Gasteiger partial charge in [0.15, 0.2) is 0 Å². The first-order valence-electron chi connectivity index (χ1n) is 6.85. The Bertz CT molecular complexity index is 551. The summed E-state index contributed by atoms with van der Waals surface area (Å²) in [5.41, 5.74) is 0. The number of fused-ring (bicyclic) bond motifs is 1. The maximum atomic E-state index is 5.84. The van der Waals surface area contributed by atoms with Crippen molar-refractivity contribution >= 4 is 10.8 Å². The van der Waals surface area contributed by atoms with Crippen LogP contribution < -0.4 is 10.1 Å². The van der Waals surface area contributed by atoms with Crippen molar-refractivity contribution in [3.05, 3.63) is 42.5 Å². The van der Waals surface area contributed by atoms with Crippen LogP contribution >= 0.6 is 0 Å². The standard InChI is InChI=1S/C16H20N2O/c1-18(15-11-17-12-15)8-9-19-16-7-6-13-4-2-3-5-14(13)10-16/h2-7,10,15,17H,8-9,11-12H2,1H3. The van der Waals surface area contributed by atoms with Gasteiger partial charge in [-0.15, -0.1) is 0 Å². The number of hydrogen-bond acceptors (Lipinski definition) is 3. The third-order valence-electron chi connectivity index (χ3n) is 3.82. The molecule has 1 N–H and O–H groups in total. The van der Waals surface area contributed by atoms with Crippen LogP contribution in [0.25, 0.3) is 10.8 Å². The molecule has 19 heavy (non-hydrogen) atoms. The Labute approximate surface area is 114 Å². The van der Waals surface area contributed by atoms with E-state index >= 15 is 0 Å². The fraction of sp³-hybridized carbons (Fsp3) is 0.375. The Balaban J connectivity index is 1.56. The number of likely N-dealkylation sites (N-methyl/N-ethyl adjacent to an activating group) is 1. The van der Waals surface area contributed by atoms with Gasteiger partial charge in [0, 0.05) is 25.7 Å². The van der Waals surface area contributed by atoms with E-state index in [4.69, 9.17) is 4.74 Å². The molecule has 0 radical (unpaired) electrons. The monoisotopic (exact) mass is 256 g/mol. The Hall–Kier alpha value is -1.58. The lowest BCUT2D eigenvalue weighted by Gasteiger charge is -2.35. The first-order chi connectivity index (χ1) is 9.33. The van der Waals surface area contributed by atoms with E-state index in [1.807, 2.05) is 6.07 Å². The fourth-order valence-electron chi connectivity index (χ4n) is 2.33. The van der Waals surface area contributed by atoms with Crippen LogP contribution in [0.1, 0.15) is 0 Å². The molecular weight excluding hydrogens is 236 g/mol. The van der Waals surface area contributed by atoms with Gasteiger partial charge in [0.25, 0.3) is 0 Å². The average molecular weight is 256 g/mol. The van der Waals surface area contributed by atoms with E-state index in [0.29, 0.717) is 6.04 Å². The minimum atomic E-state index is 0.681. The fourth-order valence-corrected chi connectivity index (χ4v) is 2.33. The summed E-state index contributed by atoms with van der Waals surface area (Å²) in [7, 11) is 2.16. The van der Waals surface area contributed by atoms with Crippen molar-refractivity contribution in [2.45, 2.75) is 6.04 Å². The average Bonchev–Trinajstić information content (AvgIpc) is 2.36. The molecule has 1 aliphatic heterocycles. The summed E-state index contributed by atoms with van der Waals surface area (Å²) in [4.78, 5) is 2.36. The van der Waals surface area contributed by atoms with E-state index in [0.717, 1.165) is 32.0 Å². The first kappa shape index (κ1) is 12.5. The van der Waals surface area contributed by atoms with Gasteiger partial charge in [-0.3, -0.25) is 4.90 Å². The summed E-state index contributed by atoms with van der Waals surface area (Å²) in [6, 6.07) is 15.3. The lowest BCUT2D eigenvalue weighted by molar-refractivity contribution is 0.151. The highest BCUT2D eigenvalue weighted by Gasteiger charge is 2.20. The van der Waals surface area contributed by atoms with E-state index in [1.165, 1.54) is 10.8 Å². The molecule has 0 amide bonds. The molecule has 0 atom stereocenters. The second-order valence-corrected chi connectivity index (χ2v) is 5.15. The van der Waals surface area contributed by atoms with E-state index in [2.05, 4.69) is 53.7 Å². The lowest BCUT2D eigenvalue weighted by atomic mass is 10.1. The number of nitrogens with zero attached hydrogens (tertiary/aromatic N) is 1. The molecule has 2 aromatic rings. The highest BCUT2D eigenvalue weighted by Crippen LogP contribution is 2.20. The minimum absolute atomic E-state index is 0.681. The highest BCUT2D eigenvalue weighted by molar-refractivity contribution is 5.83. The van der Waals surface area contributed by atoms with Crippen molar-refractivity contribution in [1.82, 2.24) is 10.2 Å². The molecule has 0 saturated carbocycles. The zero-order valence-corrected chi connectivity index (χ0v) is 11.3. The molecule has 0 spiro atoms.